The number of nitrogens with one attached hydrogen (secondary N) is 2. The fourth-order valence-corrected chi connectivity index (χ4v) is 3.73. The molecule has 1 aliphatic heterocycles. The first-order valence-electron chi connectivity index (χ1n) is 10.6. The molecule has 0 saturated carbocycles. The van der Waals surface area contributed by atoms with Crippen LogP contribution < -0.4 is 25.0 Å². The van der Waals surface area contributed by atoms with Crippen LogP contribution in [-0.4, -0.2) is 62.5 Å². The van der Waals surface area contributed by atoms with Crippen molar-refractivity contribution in [3.05, 3.63) is 36.4 Å². The molecule has 1 atom stereocenters. The molecule has 0 aliphatic carbocycles. The molecule has 31 heavy (non-hydrogen) atoms. The lowest BCUT2D eigenvalue weighted by molar-refractivity contribution is 0.394. The number of guanidine groups is 1. The third-order valence-corrected chi connectivity index (χ3v) is 5.50. The summed E-state index contributed by atoms with van der Waals surface area (Å²) >= 11 is 0. The number of methoxy groups -OCH3 is 2. The first kappa shape index (κ1) is 25.1. The second-order valence-electron chi connectivity index (χ2n) is 7.52. The molecule has 3 rings (SSSR count). The predicted molar refractivity (Wildman–Crippen MR) is 136 cm³/mol. The van der Waals surface area contributed by atoms with Crippen LogP contribution in [0.4, 0.5) is 5.69 Å². The van der Waals surface area contributed by atoms with Gasteiger partial charge in [-0.2, -0.15) is 0 Å². The standard InChI is InChI=1S/C22H34N6O2.HI/c1-17-24-9-12-27(17)10-6-5-8-25-22(23-2)26-18-7-11-28(16-18)19-13-20(29-3)15-21(14-19)30-4;/h9,12-15,18H,5-8,10-11,16H2,1-4H3,(H2,23,25,26);1H. The Morgan fingerprint density at radius 2 is 1.94 bits per heavy atom. The van der Waals surface area contributed by atoms with Gasteiger partial charge in [-0.1, -0.05) is 0 Å². The summed E-state index contributed by atoms with van der Waals surface area (Å²) in [5.74, 6) is 3.55. The fourth-order valence-electron chi connectivity index (χ4n) is 3.73. The third-order valence-electron chi connectivity index (χ3n) is 5.50. The van der Waals surface area contributed by atoms with E-state index in [2.05, 4.69) is 42.2 Å². The highest BCUT2D eigenvalue weighted by Gasteiger charge is 2.24. The first-order chi connectivity index (χ1) is 14.6. The van der Waals surface area contributed by atoms with Crippen LogP contribution in [0.1, 0.15) is 25.1 Å². The minimum atomic E-state index is 0. The zero-order valence-electron chi connectivity index (χ0n) is 18.9. The van der Waals surface area contributed by atoms with Gasteiger partial charge in [0.1, 0.15) is 17.3 Å². The molecule has 0 radical (unpaired) electrons. The van der Waals surface area contributed by atoms with Crippen molar-refractivity contribution in [2.24, 2.45) is 4.99 Å². The highest BCUT2D eigenvalue weighted by atomic mass is 127. The highest BCUT2D eigenvalue weighted by Crippen LogP contribution is 2.30. The molecular formula is C22H35IN6O2. The van der Waals surface area contributed by atoms with Gasteiger partial charge in [0, 0.05) is 75.5 Å². The molecule has 1 aliphatic rings. The largest absolute Gasteiger partial charge is 0.497 e. The zero-order chi connectivity index (χ0) is 21.3. The molecule has 172 valence electrons. The third kappa shape index (κ3) is 7.19. The summed E-state index contributed by atoms with van der Waals surface area (Å²) in [5, 5.41) is 6.99. The summed E-state index contributed by atoms with van der Waals surface area (Å²) in [5.41, 5.74) is 1.12. The van der Waals surface area contributed by atoms with Crippen LogP contribution in [0.25, 0.3) is 0 Å². The van der Waals surface area contributed by atoms with E-state index in [1.807, 2.05) is 32.4 Å². The second-order valence-corrected chi connectivity index (χ2v) is 7.52. The van der Waals surface area contributed by atoms with Gasteiger partial charge in [0.05, 0.1) is 14.2 Å². The number of rotatable bonds is 9. The number of imidazole rings is 1. The number of unbranched alkanes of at least 4 members (excludes halogenated alkanes) is 1. The Bertz CT molecular complexity index is 819. The van der Waals surface area contributed by atoms with Crippen molar-refractivity contribution in [3.63, 3.8) is 0 Å². The number of benzene rings is 1. The van der Waals surface area contributed by atoms with E-state index in [1.165, 1.54) is 0 Å². The number of hydrogen-bond acceptors (Lipinski definition) is 5. The lowest BCUT2D eigenvalue weighted by Crippen LogP contribution is -2.44. The van der Waals surface area contributed by atoms with Crippen molar-refractivity contribution < 1.29 is 9.47 Å². The first-order valence-corrected chi connectivity index (χ1v) is 10.6. The topological polar surface area (TPSA) is 75.9 Å². The van der Waals surface area contributed by atoms with Crippen LogP contribution >= 0.6 is 24.0 Å². The molecule has 2 aromatic rings. The molecule has 1 aromatic carbocycles. The molecule has 8 nitrogen and oxygen atoms in total. The maximum Gasteiger partial charge on any atom is 0.191 e. The van der Waals surface area contributed by atoms with Gasteiger partial charge in [0.15, 0.2) is 5.96 Å². The van der Waals surface area contributed by atoms with E-state index in [9.17, 15) is 0 Å². The Morgan fingerprint density at radius 1 is 1.19 bits per heavy atom. The van der Waals surface area contributed by atoms with Crippen LogP contribution in [0, 0.1) is 6.92 Å². The van der Waals surface area contributed by atoms with Gasteiger partial charge in [-0.05, 0) is 26.2 Å². The van der Waals surface area contributed by atoms with Gasteiger partial charge in [0.25, 0.3) is 0 Å². The number of nitrogens with zero attached hydrogens (tertiary/aromatic N) is 4. The summed E-state index contributed by atoms with van der Waals surface area (Å²) < 4.78 is 13.0. The molecule has 1 fully saturated rings. The van der Waals surface area contributed by atoms with Gasteiger partial charge in [-0.15, -0.1) is 24.0 Å². The molecule has 2 N–H and O–H groups in total. The Kier molecular flexibility index (Phi) is 10.2. The molecule has 0 bridgehead atoms. The fraction of sp³-hybridized carbons (Fsp3) is 0.545. The van der Waals surface area contributed by atoms with Crippen LogP contribution in [0.5, 0.6) is 11.5 Å². The Balaban J connectivity index is 0.00000341. The average Bonchev–Trinajstić information content (AvgIpc) is 3.41. The number of ether oxygens (including phenoxy) is 2. The summed E-state index contributed by atoms with van der Waals surface area (Å²) in [6.45, 7) is 5.83. The number of halogens is 1. The normalized spacial score (nSPS) is 16.1. The van der Waals surface area contributed by atoms with E-state index >= 15 is 0 Å². The molecule has 0 spiro atoms. The van der Waals surface area contributed by atoms with Gasteiger partial charge in [0.2, 0.25) is 0 Å². The van der Waals surface area contributed by atoms with E-state index in [0.717, 1.165) is 74.4 Å². The molecular weight excluding hydrogens is 507 g/mol. The molecule has 1 aromatic heterocycles. The molecule has 9 heteroatoms. The number of aryl methyl sites for hydroxylation is 2. The van der Waals surface area contributed by atoms with Crippen LogP contribution in [0.15, 0.2) is 35.6 Å². The lowest BCUT2D eigenvalue weighted by atomic mass is 10.2. The maximum atomic E-state index is 5.40. The van der Waals surface area contributed by atoms with E-state index in [-0.39, 0.29) is 24.0 Å². The summed E-state index contributed by atoms with van der Waals surface area (Å²) in [4.78, 5) is 11.0. The van der Waals surface area contributed by atoms with E-state index in [0.29, 0.717) is 6.04 Å². The Labute approximate surface area is 202 Å². The zero-order valence-corrected chi connectivity index (χ0v) is 21.3. The highest BCUT2D eigenvalue weighted by molar-refractivity contribution is 14.0. The predicted octanol–water partition coefficient (Wildman–Crippen LogP) is 3.05. The van der Waals surface area contributed by atoms with E-state index in [1.54, 1.807) is 14.2 Å². The second kappa shape index (κ2) is 12.6. The Hall–Kier alpha value is -2.17. The average molecular weight is 542 g/mol. The smallest absolute Gasteiger partial charge is 0.191 e. The number of aromatic nitrogens is 2. The van der Waals surface area contributed by atoms with Crippen molar-refractivity contribution in [3.8, 4) is 11.5 Å². The summed E-state index contributed by atoms with van der Waals surface area (Å²) in [6.07, 6.45) is 7.13. The summed E-state index contributed by atoms with van der Waals surface area (Å²) in [6, 6.07) is 6.36. The number of aliphatic imine (C=N–C) groups is 1. The van der Waals surface area contributed by atoms with Crippen molar-refractivity contribution >= 4 is 35.6 Å². The van der Waals surface area contributed by atoms with Crippen molar-refractivity contribution in [2.75, 3.05) is 45.8 Å². The van der Waals surface area contributed by atoms with Gasteiger partial charge < -0.3 is 29.6 Å². The number of anilines is 1. The maximum absolute atomic E-state index is 5.40. The van der Waals surface area contributed by atoms with Crippen molar-refractivity contribution in [2.45, 2.75) is 38.8 Å². The monoisotopic (exact) mass is 542 g/mol. The van der Waals surface area contributed by atoms with Crippen molar-refractivity contribution in [1.82, 2.24) is 20.2 Å². The number of hydrogen-bond donors (Lipinski definition) is 2. The van der Waals surface area contributed by atoms with Crippen LogP contribution in [0.3, 0.4) is 0 Å². The van der Waals surface area contributed by atoms with Gasteiger partial charge in [-0.3, -0.25) is 4.99 Å². The van der Waals surface area contributed by atoms with E-state index < -0.39 is 0 Å². The molecule has 0 amide bonds. The van der Waals surface area contributed by atoms with Crippen molar-refractivity contribution in [1.29, 1.82) is 0 Å². The minimum Gasteiger partial charge on any atom is -0.497 e. The van der Waals surface area contributed by atoms with Crippen LogP contribution in [0.2, 0.25) is 0 Å². The quantitative estimate of drug-likeness (QED) is 0.220. The van der Waals surface area contributed by atoms with Gasteiger partial charge >= 0.3 is 0 Å². The molecule has 1 saturated heterocycles. The van der Waals surface area contributed by atoms with Crippen LogP contribution in [-0.2, 0) is 6.54 Å². The van der Waals surface area contributed by atoms with Gasteiger partial charge in [-0.25, -0.2) is 4.98 Å². The lowest BCUT2D eigenvalue weighted by Gasteiger charge is -2.21. The SMILES string of the molecule is CN=C(NCCCCn1ccnc1C)NC1CCN(c2cc(OC)cc(OC)c2)C1.I. The summed E-state index contributed by atoms with van der Waals surface area (Å²) in [7, 11) is 5.18. The van der Waals surface area contributed by atoms with E-state index in [4.69, 9.17) is 9.47 Å². The molecule has 2 heterocycles. The molecule has 1 unspecified atom stereocenters. The Morgan fingerprint density at radius 3 is 2.55 bits per heavy atom. The minimum absolute atomic E-state index is 0.